The van der Waals surface area contributed by atoms with Crippen LogP contribution in [0.15, 0.2) is 36.7 Å². The molecule has 1 aromatic heterocycles. The van der Waals surface area contributed by atoms with Crippen LogP contribution in [-0.4, -0.2) is 21.9 Å². The van der Waals surface area contributed by atoms with Crippen molar-refractivity contribution in [1.29, 1.82) is 0 Å². The van der Waals surface area contributed by atoms with Gasteiger partial charge >= 0.3 is 0 Å². The van der Waals surface area contributed by atoms with Gasteiger partial charge in [-0.15, -0.1) is 0 Å². The molecule has 2 aromatic rings. The number of fused-ring (bicyclic) bond motifs is 1. The lowest BCUT2D eigenvalue weighted by atomic mass is 10.0. The molecular weight excluding hydrogens is 270 g/mol. The Hall–Kier alpha value is -2.89. The Kier molecular flexibility index (Phi) is 3.27. The minimum Gasteiger partial charge on any atom is -0.506 e. The normalized spacial score (nSPS) is 13.2. The molecule has 0 atom stereocenters. The van der Waals surface area contributed by atoms with Crippen molar-refractivity contribution in [2.75, 3.05) is 10.6 Å². The van der Waals surface area contributed by atoms with Gasteiger partial charge in [0.2, 0.25) is 5.91 Å². The molecule has 0 saturated heterocycles. The van der Waals surface area contributed by atoms with Crippen LogP contribution in [0, 0.1) is 0 Å². The molecule has 0 bridgehead atoms. The first-order chi connectivity index (χ1) is 10.1. The summed E-state index contributed by atoms with van der Waals surface area (Å²) in [4.78, 5) is 27.1. The van der Waals surface area contributed by atoms with Gasteiger partial charge in [0, 0.05) is 24.0 Å². The third-order valence-electron chi connectivity index (χ3n) is 3.24. The van der Waals surface area contributed by atoms with Crippen molar-refractivity contribution in [2.24, 2.45) is 0 Å². The number of aromatic nitrogens is 1. The fourth-order valence-electron chi connectivity index (χ4n) is 2.22. The maximum atomic E-state index is 12.1. The molecule has 21 heavy (non-hydrogen) atoms. The van der Waals surface area contributed by atoms with Gasteiger partial charge in [0.15, 0.2) is 0 Å². The lowest BCUT2D eigenvalue weighted by Crippen LogP contribution is -2.19. The standard InChI is InChI=1S/C15H13N3O3/c19-12-6-10(7-16-8-12)15(21)17-11-2-3-13-9(5-11)1-4-14(20)18-13/h2-3,5-8,19H,1,4H2,(H,17,21)(H,18,20). The Morgan fingerprint density at radius 1 is 1.24 bits per heavy atom. The van der Waals surface area contributed by atoms with Crippen molar-refractivity contribution in [3.8, 4) is 5.75 Å². The van der Waals surface area contributed by atoms with E-state index in [1.165, 1.54) is 18.5 Å². The van der Waals surface area contributed by atoms with E-state index >= 15 is 0 Å². The van der Waals surface area contributed by atoms with Gasteiger partial charge in [0.25, 0.3) is 5.91 Å². The summed E-state index contributed by atoms with van der Waals surface area (Å²) in [5, 5.41) is 14.9. The zero-order valence-electron chi connectivity index (χ0n) is 11.1. The Morgan fingerprint density at radius 3 is 2.90 bits per heavy atom. The molecule has 6 nitrogen and oxygen atoms in total. The minimum atomic E-state index is -0.349. The van der Waals surface area contributed by atoms with E-state index in [1.54, 1.807) is 12.1 Å². The Balaban J connectivity index is 1.79. The first-order valence-corrected chi connectivity index (χ1v) is 6.50. The van der Waals surface area contributed by atoms with Gasteiger partial charge in [-0.25, -0.2) is 0 Å². The number of carbonyl (C=O) groups is 2. The van der Waals surface area contributed by atoms with E-state index in [0.29, 0.717) is 18.5 Å². The topological polar surface area (TPSA) is 91.3 Å². The van der Waals surface area contributed by atoms with Crippen LogP contribution in [0.25, 0.3) is 0 Å². The first kappa shape index (κ1) is 13.1. The number of rotatable bonds is 2. The highest BCUT2D eigenvalue weighted by Gasteiger charge is 2.15. The van der Waals surface area contributed by atoms with Crippen LogP contribution in [0.2, 0.25) is 0 Å². The molecule has 6 heteroatoms. The molecule has 1 aliphatic heterocycles. The van der Waals surface area contributed by atoms with E-state index in [-0.39, 0.29) is 23.1 Å². The van der Waals surface area contributed by atoms with Gasteiger partial charge < -0.3 is 15.7 Å². The van der Waals surface area contributed by atoms with Crippen LogP contribution >= 0.6 is 0 Å². The van der Waals surface area contributed by atoms with Gasteiger partial charge in [-0.3, -0.25) is 14.6 Å². The molecule has 2 heterocycles. The molecule has 1 aromatic carbocycles. The van der Waals surface area contributed by atoms with E-state index in [2.05, 4.69) is 15.6 Å². The smallest absolute Gasteiger partial charge is 0.257 e. The van der Waals surface area contributed by atoms with E-state index in [4.69, 9.17) is 0 Å². The summed E-state index contributed by atoms with van der Waals surface area (Å²) in [7, 11) is 0. The molecular formula is C15H13N3O3. The van der Waals surface area contributed by atoms with Crippen LogP contribution in [0.5, 0.6) is 5.75 Å². The second kappa shape index (κ2) is 5.24. The molecule has 1 aliphatic rings. The molecule has 0 aliphatic carbocycles. The van der Waals surface area contributed by atoms with Crippen molar-refractivity contribution >= 4 is 23.2 Å². The molecule has 2 amide bonds. The number of nitrogens with zero attached hydrogens (tertiary/aromatic N) is 1. The number of amides is 2. The highest BCUT2D eigenvalue weighted by atomic mass is 16.3. The minimum absolute atomic E-state index is 0.00474. The summed E-state index contributed by atoms with van der Waals surface area (Å²) in [6, 6.07) is 6.67. The predicted molar refractivity (Wildman–Crippen MR) is 77.2 cm³/mol. The maximum absolute atomic E-state index is 12.1. The molecule has 3 N–H and O–H groups in total. The van der Waals surface area contributed by atoms with Crippen molar-refractivity contribution in [3.63, 3.8) is 0 Å². The van der Waals surface area contributed by atoms with Crippen LogP contribution in [-0.2, 0) is 11.2 Å². The third-order valence-corrected chi connectivity index (χ3v) is 3.24. The van der Waals surface area contributed by atoms with Crippen LogP contribution in [0.3, 0.4) is 0 Å². The van der Waals surface area contributed by atoms with Crippen molar-refractivity contribution in [3.05, 3.63) is 47.8 Å². The molecule has 0 unspecified atom stereocenters. The summed E-state index contributed by atoms with van der Waals surface area (Å²) >= 11 is 0. The Bertz CT molecular complexity index is 728. The first-order valence-electron chi connectivity index (χ1n) is 6.50. The van der Waals surface area contributed by atoms with Crippen LogP contribution < -0.4 is 10.6 Å². The SMILES string of the molecule is O=C1CCc2cc(NC(=O)c3cncc(O)c3)ccc2N1. The number of anilines is 2. The number of carbonyl (C=O) groups excluding carboxylic acids is 2. The zero-order valence-corrected chi connectivity index (χ0v) is 11.1. The van der Waals surface area contributed by atoms with Gasteiger partial charge in [-0.2, -0.15) is 0 Å². The van der Waals surface area contributed by atoms with E-state index in [0.717, 1.165) is 11.3 Å². The van der Waals surface area contributed by atoms with Gasteiger partial charge in [0.1, 0.15) is 5.75 Å². The van der Waals surface area contributed by atoms with Gasteiger partial charge in [-0.05, 0) is 36.2 Å². The molecule has 0 fully saturated rings. The van der Waals surface area contributed by atoms with Crippen molar-refractivity contribution in [1.82, 2.24) is 4.98 Å². The molecule has 0 saturated carbocycles. The lowest BCUT2D eigenvalue weighted by Gasteiger charge is -2.17. The predicted octanol–water partition coefficient (Wildman–Crippen LogP) is 1.92. The average Bonchev–Trinajstić information content (AvgIpc) is 2.47. The van der Waals surface area contributed by atoms with Gasteiger partial charge in [0.05, 0.1) is 11.8 Å². The molecule has 0 spiro atoms. The maximum Gasteiger partial charge on any atom is 0.257 e. The molecule has 0 radical (unpaired) electrons. The largest absolute Gasteiger partial charge is 0.506 e. The summed E-state index contributed by atoms with van der Waals surface area (Å²) in [5.41, 5.74) is 2.68. The second-order valence-corrected chi connectivity index (χ2v) is 4.81. The zero-order chi connectivity index (χ0) is 14.8. The number of hydrogen-bond donors (Lipinski definition) is 3. The average molecular weight is 283 g/mol. The monoisotopic (exact) mass is 283 g/mol. The van der Waals surface area contributed by atoms with E-state index < -0.39 is 0 Å². The number of aryl methyl sites for hydroxylation is 1. The fraction of sp³-hybridized carbons (Fsp3) is 0.133. The van der Waals surface area contributed by atoms with Gasteiger partial charge in [-0.1, -0.05) is 0 Å². The molecule has 3 rings (SSSR count). The van der Waals surface area contributed by atoms with Crippen molar-refractivity contribution in [2.45, 2.75) is 12.8 Å². The quantitative estimate of drug-likeness (QED) is 0.785. The number of pyridine rings is 1. The number of nitrogens with one attached hydrogen (secondary N) is 2. The Labute approximate surface area is 120 Å². The summed E-state index contributed by atoms with van der Waals surface area (Å²) in [6.07, 6.45) is 3.74. The van der Waals surface area contributed by atoms with E-state index in [9.17, 15) is 14.7 Å². The van der Waals surface area contributed by atoms with Crippen LogP contribution in [0.1, 0.15) is 22.3 Å². The number of hydrogen-bond acceptors (Lipinski definition) is 4. The van der Waals surface area contributed by atoms with Crippen molar-refractivity contribution < 1.29 is 14.7 Å². The van der Waals surface area contributed by atoms with Crippen LogP contribution in [0.4, 0.5) is 11.4 Å². The molecule has 106 valence electrons. The summed E-state index contributed by atoms with van der Waals surface area (Å²) < 4.78 is 0. The highest BCUT2D eigenvalue weighted by Crippen LogP contribution is 2.26. The third kappa shape index (κ3) is 2.84. The number of aromatic hydroxyl groups is 1. The number of benzene rings is 1. The Morgan fingerprint density at radius 2 is 2.10 bits per heavy atom. The van der Waals surface area contributed by atoms with E-state index in [1.807, 2.05) is 6.07 Å². The second-order valence-electron chi connectivity index (χ2n) is 4.81. The summed E-state index contributed by atoms with van der Waals surface area (Å²) in [5.74, 6) is -0.404. The fourth-order valence-corrected chi connectivity index (χ4v) is 2.22. The summed E-state index contributed by atoms with van der Waals surface area (Å²) in [6.45, 7) is 0. The highest BCUT2D eigenvalue weighted by molar-refractivity contribution is 6.04. The lowest BCUT2D eigenvalue weighted by molar-refractivity contribution is -0.116.